The number of benzene rings is 2. The van der Waals surface area contributed by atoms with Gasteiger partial charge in [0.1, 0.15) is 0 Å². The van der Waals surface area contributed by atoms with Gasteiger partial charge in [0.2, 0.25) is 0 Å². The van der Waals surface area contributed by atoms with Crippen molar-refractivity contribution in [2.75, 3.05) is 6.26 Å². The van der Waals surface area contributed by atoms with Crippen LogP contribution in [-0.4, -0.2) is 19.7 Å². The van der Waals surface area contributed by atoms with Crippen LogP contribution in [0.1, 0.15) is 5.56 Å². The van der Waals surface area contributed by atoms with Crippen molar-refractivity contribution in [3.05, 3.63) is 88.7 Å². The standard InChI is InChI=1S/C22H17NO3S/c1-27(25,26)14-15-7-8-17-9-10-21-20(22(24)19(17)11-15)12-18(13-23-21)16-5-3-2-4-6-16/h2-13H,14H2,1H3. The first-order valence-corrected chi connectivity index (χ1v) is 10.6. The monoisotopic (exact) mass is 375 g/mol. The number of hydrogen-bond donors (Lipinski definition) is 0. The third-order valence-electron chi connectivity index (χ3n) is 4.48. The van der Waals surface area contributed by atoms with Crippen LogP contribution in [0.5, 0.6) is 0 Å². The highest BCUT2D eigenvalue weighted by atomic mass is 32.2. The van der Waals surface area contributed by atoms with Crippen LogP contribution in [0.15, 0.2) is 77.7 Å². The fraction of sp³-hybridized carbons (Fsp3) is 0.0909. The van der Waals surface area contributed by atoms with Gasteiger partial charge in [-0.3, -0.25) is 9.78 Å². The van der Waals surface area contributed by atoms with Gasteiger partial charge in [-0.15, -0.1) is 0 Å². The number of sulfone groups is 1. The van der Waals surface area contributed by atoms with E-state index >= 15 is 0 Å². The van der Waals surface area contributed by atoms with Gasteiger partial charge in [0.25, 0.3) is 0 Å². The molecule has 0 radical (unpaired) electrons. The van der Waals surface area contributed by atoms with Crippen LogP contribution >= 0.6 is 0 Å². The van der Waals surface area contributed by atoms with Crippen molar-refractivity contribution in [2.45, 2.75) is 5.75 Å². The van der Waals surface area contributed by atoms with Gasteiger partial charge in [0.05, 0.1) is 11.3 Å². The Hall–Kier alpha value is -3.05. The number of pyridine rings is 1. The smallest absolute Gasteiger partial charge is 0.195 e. The molecule has 1 heterocycles. The van der Waals surface area contributed by atoms with Crippen LogP contribution in [0.2, 0.25) is 0 Å². The Balaban J connectivity index is 1.99. The van der Waals surface area contributed by atoms with Crippen molar-refractivity contribution in [3.63, 3.8) is 0 Å². The Morgan fingerprint density at radius 3 is 2.33 bits per heavy atom. The fourth-order valence-electron chi connectivity index (χ4n) is 3.23. The highest BCUT2D eigenvalue weighted by Gasteiger charge is 2.09. The molecule has 4 nitrogen and oxygen atoms in total. The molecule has 0 aliphatic heterocycles. The molecule has 4 rings (SSSR count). The van der Waals surface area contributed by atoms with Crippen LogP contribution in [0.4, 0.5) is 0 Å². The highest BCUT2D eigenvalue weighted by Crippen LogP contribution is 2.22. The van der Waals surface area contributed by atoms with Gasteiger partial charge in [0, 0.05) is 28.8 Å². The summed E-state index contributed by atoms with van der Waals surface area (Å²) in [5.74, 6) is -0.0908. The highest BCUT2D eigenvalue weighted by molar-refractivity contribution is 7.89. The third kappa shape index (κ3) is 3.59. The largest absolute Gasteiger partial charge is 0.289 e. The Labute approximate surface area is 157 Å². The molecule has 0 unspecified atom stereocenters. The van der Waals surface area contributed by atoms with Crippen LogP contribution in [0.3, 0.4) is 0 Å². The molecule has 4 aromatic rings. The number of hydrogen-bond acceptors (Lipinski definition) is 4. The van der Waals surface area contributed by atoms with E-state index in [9.17, 15) is 13.2 Å². The fourth-order valence-corrected chi connectivity index (χ4v) is 4.02. The molecule has 134 valence electrons. The molecule has 0 atom stereocenters. The first kappa shape index (κ1) is 17.4. The number of aromatic nitrogens is 1. The lowest BCUT2D eigenvalue weighted by Gasteiger charge is -2.02. The molecule has 0 spiro atoms. The SMILES string of the molecule is CS(=O)(=O)Cc1ccc2ccc3ncc(-c4ccccc4)cc3c(=O)c2c1. The van der Waals surface area contributed by atoms with E-state index in [1.165, 1.54) is 6.26 Å². The van der Waals surface area contributed by atoms with Crippen LogP contribution < -0.4 is 5.43 Å². The second-order valence-corrected chi connectivity index (χ2v) is 8.82. The minimum atomic E-state index is -3.18. The van der Waals surface area contributed by atoms with Crippen molar-refractivity contribution < 1.29 is 8.42 Å². The zero-order chi connectivity index (χ0) is 19.0. The van der Waals surface area contributed by atoms with Gasteiger partial charge in [-0.1, -0.05) is 48.5 Å². The second-order valence-electron chi connectivity index (χ2n) is 6.68. The van der Waals surface area contributed by atoms with Crippen molar-refractivity contribution >= 4 is 31.5 Å². The molecule has 0 saturated heterocycles. The van der Waals surface area contributed by atoms with Gasteiger partial charge >= 0.3 is 0 Å². The van der Waals surface area contributed by atoms with Gasteiger partial charge in [-0.25, -0.2) is 8.42 Å². The molecule has 27 heavy (non-hydrogen) atoms. The lowest BCUT2D eigenvalue weighted by molar-refractivity contribution is 0.601. The summed E-state index contributed by atoms with van der Waals surface area (Å²) in [7, 11) is -3.18. The van der Waals surface area contributed by atoms with Crippen LogP contribution in [-0.2, 0) is 15.6 Å². The summed E-state index contributed by atoms with van der Waals surface area (Å²) < 4.78 is 23.2. The van der Waals surface area contributed by atoms with Gasteiger partial charge in [-0.05, 0) is 34.7 Å². The second kappa shape index (κ2) is 6.59. The molecule has 1 aromatic heterocycles. The predicted molar refractivity (Wildman–Crippen MR) is 110 cm³/mol. The van der Waals surface area contributed by atoms with E-state index in [1.54, 1.807) is 24.4 Å². The van der Waals surface area contributed by atoms with Crippen molar-refractivity contribution in [1.29, 1.82) is 0 Å². The number of rotatable bonds is 3. The zero-order valence-corrected chi connectivity index (χ0v) is 15.5. The van der Waals surface area contributed by atoms with Crippen LogP contribution in [0, 0.1) is 0 Å². The molecular weight excluding hydrogens is 358 g/mol. The summed E-state index contributed by atoms with van der Waals surface area (Å²) in [4.78, 5) is 17.7. The maximum Gasteiger partial charge on any atom is 0.195 e. The summed E-state index contributed by atoms with van der Waals surface area (Å²) in [5, 5.41) is 1.78. The Bertz CT molecular complexity index is 1330. The van der Waals surface area contributed by atoms with Gasteiger partial charge in [-0.2, -0.15) is 0 Å². The van der Waals surface area contributed by atoms with Gasteiger partial charge in [0.15, 0.2) is 15.3 Å². The van der Waals surface area contributed by atoms with Crippen molar-refractivity contribution in [2.24, 2.45) is 0 Å². The van der Waals surface area contributed by atoms with E-state index in [4.69, 9.17) is 0 Å². The minimum absolute atomic E-state index is 0.0908. The van der Waals surface area contributed by atoms with E-state index in [0.29, 0.717) is 21.9 Å². The molecule has 0 bridgehead atoms. The number of fused-ring (bicyclic) bond motifs is 2. The first-order chi connectivity index (χ1) is 12.9. The summed E-state index contributed by atoms with van der Waals surface area (Å²) in [5.41, 5.74) is 2.92. The van der Waals surface area contributed by atoms with Crippen molar-refractivity contribution in [3.8, 4) is 11.1 Å². The molecule has 3 aromatic carbocycles. The summed E-state index contributed by atoms with van der Waals surface area (Å²) >= 11 is 0. The summed E-state index contributed by atoms with van der Waals surface area (Å²) in [6, 6.07) is 20.5. The molecule has 0 fully saturated rings. The van der Waals surface area contributed by atoms with E-state index in [2.05, 4.69) is 4.98 Å². The van der Waals surface area contributed by atoms with Crippen molar-refractivity contribution in [1.82, 2.24) is 4.98 Å². The maximum absolute atomic E-state index is 13.2. The minimum Gasteiger partial charge on any atom is -0.289 e. The van der Waals surface area contributed by atoms with E-state index in [1.807, 2.05) is 48.5 Å². The lowest BCUT2D eigenvalue weighted by Crippen LogP contribution is -2.03. The van der Waals surface area contributed by atoms with Crippen LogP contribution in [0.25, 0.3) is 32.8 Å². The summed E-state index contributed by atoms with van der Waals surface area (Å²) in [6.07, 6.45) is 2.95. The Kier molecular flexibility index (Phi) is 4.24. The Morgan fingerprint density at radius 1 is 0.852 bits per heavy atom. The average Bonchev–Trinajstić information content (AvgIpc) is 2.78. The van der Waals surface area contributed by atoms with E-state index < -0.39 is 9.84 Å². The van der Waals surface area contributed by atoms with E-state index in [-0.39, 0.29) is 11.2 Å². The summed E-state index contributed by atoms with van der Waals surface area (Å²) in [6.45, 7) is 0. The molecule has 0 N–H and O–H groups in total. The molecule has 0 amide bonds. The normalized spacial score (nSPS) is 11.7. The lowest BCUT2D eigenvalue weighted by atomic mass is 10.1. The van der Waals surface area contributed by atoms with E-state index in [0.717, 1.165) is 16.5 Å². The molecule has 5 heteroatoms. The molecule has 0 saturated carbocycles. The molecule has 0 aliphatic rings. The number of nitrogens with zero attached hydrogens (tertiary/aromatic N) is 1. The topological polar surface area (TPSA) is 64.1 Å². The average molecular weight is 375 g/mol. The Morgan fingerprint density at radius 2 is 1.59 bits per heavy atom. The van der Waals surface area contributed by atoms with Gasteiger partial charge < -0.3 is 0 Å². The first-order valence-electron chi connectivity index (χ1n) is 8.50. The third-order valence-corrected chi connectivity index (χ3v) is 5.34. The quantitative estimate of drug-likeness (QED) is 0.544. The maximum atomic E-state index is 13.2. The molecular formula is C22H17NO3S. The zero-order valence-electron chi connectivity index (χ0n) is 14.7. The predicted octanol–water partition coefficient (Wildman–Crippen LogP) is 3.96. The molecule has 0 aliphatic carbocycles.